The molecule has 0 bridgehead atoms. The quantitative estimate of drug-likeness (QED) is 0.627. The number of carbonyl (C=O) groups is 1. The lowest BCUT2D eigenvalue weighted by molar-refractivity contribution is -0.144. The highest BCUT2D eigenvalue weighted by Crippen LogP contribution is 2.04. The molecule has 0 saturated carbocycles. The highest BCUT2D eigenvalue weighted by molar-refractivity contribution is 5.65. The Morgan fingerprint density at radius 2 is 2.08 bits per heavy atom. The molecule has 0 aromatic heterocycles. The number of esters is 1. The molecule has 0 spiro atoms. The molecule has 0 rings (SSSR count). The van der Waals surface area contributed by atoms with Gasteiger partial charge in [-0.2, -0.15) is 0 Å². The summed E-state index contributed by atoms with van der Waals surface area (Å²) in [6.45, 7) is 3.33. The van der Waals surface area contributed by atoms with Crippen LogP contribution in [-0.4, -0.2) is 37.0 Å². The van der Waals surface area contributed by atoms with Crippen molar-refractivity contribution in [2.45, 2.75) is 38.9 Å². The summed E-state index contributed by atoms with van der Waals surface area (Å²) in [4.78, 5) is 10.4. The predicted octanol–water partition coefficient (Wildman–Crippen LogP) is 0.726. The Morgan fingerprint density at radius 3 is 2.54 bits per heavy atom. The maximum atomic E-state index is 10.4. The smallest absolute Gasteiger partial charge is 0.302 e. The molecule has 4 nitrogen and oxygen atoms in total. The van der Waals surface area contributed by atoms with Gasteiger partial charge in [0.05, 0.1) is 12.2 Å². The van der Waals surface area contributed by atoms with Crippen LogP contribution in [-0.2, 0) is 14.3 Å². The van der Waals surface area contributed by atoms with Crippen LogP contribution >= 0.6 is 0 Å². The zero-order chi connectivity index (χ0) is 10.3. The van der Waals surface area contributed by atoms with Crippen molar-refractivity contribution in [2.75, 3.05) is 13.7 Å². The van der Waals surface area contributed by atoms with Gasteiger partial charge in [-0.3, -0.25) is 4.79 Å². The van der Waals surface area contributed by atoms with Crippen molar-refractivity contribution in [2.24, 2.45) is 0 Å². The molecule has 0 saturated heterocycles. The third-order valence-electron chi connectivity index (χ3n) is 1.79. The molecule has 4 heteroatoms. The number of hydrogen-bond donors (Lipinski definition) is 1. The molecular weight excluding hydrogens is 172 g/mol. The van der Waals surface area contributed by atoms with Gasteiger partial charge >= 0.3 is 5.97 Å². The first-order chi connectivity index (χ1) is 6.06. The van der Waals surface area contributed by atoms with Crippen molar-refractivity contribution in [1.82, 2.24) is 0 Å². The Labute approximate surface area is 78.8 Å². The zero-order valence-corrected chi connectivity index (χ0v) is 8.45. The molecule has 0 aliphatic rings. The van der Waals surface area contributed by atoms with Gasteiger partial charge in [-0.1, -0.05) is 0 Å². The predicted molar refractivity (Wildman–Crippen MR) is 48.3 cm³/mol. The fourth-order valence-corrected chi connectivity index (χ4v) is 0.842. The van der Waals surface area contributed by atoms with Gasteiger partial charge in [0.1, 0.15) is 6.61 Å². The van der Waals surface area contributed by atoms with E-state index in [2.05, 4.69) is 4.74 Å². The van der Waals surface area contributed by atoms with Crippen LogP contribution in [0, 0.1) is 0 Å². The van der Waals surface area contributed by atoms with E-state index >= 15 is 0 Å². The fourth-order valence-electron chi connectivity index (χ4n) is 0.842. The minimum atomic E-state index is -0.582. The van der Waals surface area contributed by atoms with E-state index in [0.29, 0.717) is 6.42 Å². The molecule has 0 fully saturated rings. The molecule has 0 aromatic rings. The van der Waals surface area contributed by atoms with Crippen molar-refractivity contribution in [3.8, 4) is 0 Å². The molecule has 0 aromatic carbocycles. The first-order valence-corrected chi connectivity index (χ1v) is 4.40. The van der Waals surface area contributed by atoms with Crippen LogP contribution in [0.25, 0.3) is 0 Å². The van der Waals surface area contributed by atoms with Gasteiger partial charge in [-0.05, 0) is 19.8 Å². The van der Waals surface area contributed by atoms with E-state index in [1.807, 2.05) is 6.92 Å². The molecule has 0 aliphatic heterocycles. The largest absolute Gasteiger partial charge is 0.463 e. The molecule has 78 valence electrons. The summed E-state index contributed by atoms with van der Waals surface area (Å²) >= 11 is 0. The van der Waals surface area contributed by atoms with Crippen molar-refractivity contribution in [1.29, 1.82) is 0 Å². The monoisotopic (exact) mass is 190 g/mol. The summed E-state index contributed by atoms with van der Waals surface area (Å²) in [6.07, 6.45) is 0.898. The maximum absolute atomic E-state index is 10.4. The third-order valence-corrected chi connectivity index (χ3v) is 1.79. The van der Waals surface area contributed by atoms with Crippen molar-refractivity contribution < 1.29 is 19.4 Å². The van der Waals surface area contributed by atoms with Crippen LogP contribution < -0.4 is 0 Å². The normalized spacial score (nSPS) is 15.1. The van der Waals surface area contributed by atoms with Gasteiger partial charge < -0.3 is 14.6 Å². The summed E-state index contributed by atoms with van der Waals surface area (Å²) in [5.74, 6) is -0.362. The van der Waals surface area contributed by atoms with Crippen LogP contribution in [0.3, 0.4) is 0 Å². The standard InChI is InChI=1S/C9H18O4/c1-7(12-3)4-5-9(11)6-13-8(2)10/h7,9,11H,4-6H2,1-3H3. The number of carbonyl (C=O) groups excluding carboxylic acids is 1. The van der Waals surface area contributed by atoms with E-state index < -0.39 is 6.10 Å². The molecule has 0 amide bonds. The average Bonchev–Trinajstić information content (AvgIpc) is 2.10. The number of aliphatic hydroxyl groups is 1. The SMILES string of the molecule is COC(C)CCC(O)COC(C)=O. The first kappa shape index (κ1) is 12.4. The molecule has 0 heterocycles. The highest BCUT2D eigenvalue weighted by Gasteiger charge is 2.08. The van der Waals surface area contributed by atoms with E-state index in [1.54, 1.807) is 7.11 Å². The van der Waals surface area contributed by atoms with Crippen LogP contribution in [0.4, 0.5) is 0 Å². The van der Waals surface area contributed by atoms with Gasteiger partial charge in [0.2, 0.25) is 0 Å². The molecule has 0 radical (unpaired) electrons. The van der Waals surface area contributed by atoms with Crippen LogP contribution in [0.5, 0.6) is 0 Å². The summed E-state index contributed by atoms with van der Waals surface area (Å²) < 4.78 is 9.65. The van der Waals surface area contributed by atoms with E-state index in [0.717, 1.165) is 6.42 Å². The Balaban J connectivity index is 3.39. The third kappa shape index (κ3) is 7.74. The van der Waals surface area contributed by atoms with Crippen LogP contribution in [0.15, 0.2) is 0 Å². The summed E-state index contributed by atoms with van der Waals surface area (Å²) in [6, 6.07) is 0. The maximum Gasteiger partial charge on any atom is 0.302 e. The molecule has 2 unspecified atom stereocenters. The topological polar surface area (TPSA) is 55.8 Å². The average molecular weight is 190 g/mol. The van der Waals surface area contributed by atoms with Crippen LogP contribution in [0.2, 0.25) is 0 Å². The van der Waals surface area contributed by atoms with E-state index in [1.165, 1.54) is 6.92 Å². The second-order valence-corrected chi connectivity index (χ2v) is 3.08. The van der Waals surface area contributed by atoms with Gasteiger partial charge in [0.15, 0.2) is 0 Å². The van der Waals surface area contributed by atoms with Crippen molar-refractivity contribution >= 4 is 5.97 Å². The Morgan fingerprint density at radius 1 is 1.46 bits per heavy atom. The van der Waals surface area contributed by atoms with Gasteiger partial charge in [-0.15, -0.1) is 0 Å². The van der Waals surface area contributed by atoms with E-state index in [9.17, 15) is 9.90 Å². The second kappa shape index (κ2) is 6.86. The van der Waals surface area contributed by atoms with Crippen molar-refractivity contribution in [3.05, 3.63) is 0 Å². The lowest BCUT2D eigenvalue weighted by Crippen LogP contribution is -2.19. The molecule has 13 heavy (non-hydrogen) atoms. The van der Waals surface area contributed by atoms with Crippen LogP contribution in [0.1, 0.15) is 26.7 Å². The first-order valence-electron chi connectivity index (χ1n) is 4.40. The van der Waals surface area contributed by atoms with Gasteiger partial charge in [0.25, 0.3) is 0 Å². The van der Waals surface area contributed by atoms with Gasteiger partial charge in [0, 0.05) is 14.0 Å². The van der Waals surface area contributed by atoms with E-state index in [4.69, 9.17) is 4.74 Å². The minimum absolute atomic E-state index is 0.0752. The summed E-state index contributed by atoms with van der Waals surface area (Å²) in [5, 5.41) is 9.31. The number of aliphatic hydroxyl groups excluding tert-OH is 1. The lowest BCUT2D eigenvalue weighted by atomic mass is 10.1. The highest BCUT2D eigenvalue weighted by atomic mass is 16.5. The molecular formula is C9H18O4. The molecule has 2 atom stereocenters. The number of hydrogen-bond acceptors (Lipinski definition) is 4. The van der Waals surface area contributed by atoms with Gasteiger partial charge in [-0.25, -0.2) is 0 Å². The summed E-state index contributed by atoms with van der Waals surface area (Å²) in [7, 11) is 1.63. The lowest BCUT2D eigenvalue weighted by Gasteiger charge is -2.13. The summed E-state index contributed by atoms with van der Waals surface area (Å²) in [5.41, 5.74) is 0. The minimum Gasteiger partial charge on any atom is -0.463 e. The Bertz CT molecular complexity index is 147. The number of rotatable bonds is 6. The van der Waals surface area contributed by atoms with E-state index in [-0.39, 0.29) is 18.7 Å². The Kier molecular flexibility index (Phi) is 6.54. The Hall–Kier alpha value is -0.610. The number of ether oxygens (including phenoxy) is 2. The van der Waals surface area contributed by atoms with Crippen molar-refractivity contribution in [3.63, 3.8) is 0 Å². The fraction of sp³-hybridized carbons (Fsp3) is 0.889. The molecule has 0 aliphatic carbocycles. The second-order valence-electron chi connectivity index (χ2n) is 3.08. The molecule has 1 N–H and O–H groups in total. The number of methoxy groups -OCH3 is 1. The zero-order valence-electron chi connectivity index (χ0n) is 8.45.